The van der Waals surface area contributed by atoms with Crippen LogP contribution in [0.3, 0.4) is 0 Å². The second kappa shape index (κ2) is 5.14. The molecular formula is C11H9N5O3. The van der Waals surface area contributed by atoms with Gasteiger partial charge in [0.05, 0.1) is 16.6 Å². The number of hydrogen-bond acceptors (Lipinski definition) is 6. The van der Waals surface area contributed by atoms with Gasteiger partial charge in [-0.3, -0.25) is 14.8 Å². The largest absolute Gasteiger partial charge is 0.479 e. The molecule has 0 aliphatic rings. The van der Waals surface area contributed by atoms with E-state index in [1.54, 1.807) is 7.05 Å². The maximum atomic E-state index is 10.9. The number of aromatic nitrogens is 3. The average molecular weight is 259 g/mol. The Morgan fingerprint density at radius 1 is 1.58 bits per heavy atom. The van der Waals surface area contributed by atoms with E-state index in [4.69, 9.17) is 10.00 Å². The topological polar surface area (TPSA) is 107 Å². The molecule has 0 atom stereocenters. The third-order valence-electron chi connectivity index (χ3n) is 2.45. The Morgan fingerprint density at radius 2 is 2.37 bits per heavy atom. The van der Waals surface area contributed by atoms with E-state index in [2.05, 4.69) is 10.1 Å². The molecule has 1 aromatic carbocycles. The lowest BCUT2D eigenvalue weighted by molar-refractivity contribution is -0.386. The minimum absolute atomic E-state index is 0.0588. The highest BCUT2D eigenvalue weighted by atomic mass is 16.6. The number of rotatable bonds is 4. The maximum absolute atomic E-state index is 10.9. The first kappa shape index (κ1) is 12.5. The maximum Gasteiger partial charge on any atom is 0.312 e. The summed E-state index contributed by atoms with van der Waals surface area (Å²) in [6, 6.07) is 5.87. The molecule has 0 N–H and O–H groups in total. The van der Waals surface area contributed by atoms with E-state index >= 15 is 0 Å². The molecule has 0 saturated carbocycles. The van der Waals surface area contributed by atoms with Crippen molar-refractivity contribution in [3.63, 3.8) is 0 Å². The van der Waals surface area contributed by atoms with Gasteiger partial charge in [-0.2, -0.15) is 10.4 Å². The predicted molar refractivity (Wildman–Crippen MR) is 63.1 cm³/mol. The zero-order chi connectivity index (χ0) is 13.8. The predicted octanol–water partition coefficient (Wildman–Crippen LogP) is 1.17. The van der Waals surface area contributed by atoms with Crippen molar-refractivity contribution in [1.82, 2.24) is 14.8 Å². The number of nitro groups is 1. The molecule has 1 aromatic heterocycles. The Hall–Kier alpha value is -2.95. The number of hydrogen-bond donors (Lipinski definition) is 0. The first-order valence-corrected chi connectivity index (χ1v) is 5.26. The fourth-order valence-corrected chi connectivity index (χ4v) is 1.44. The molecule has 8 heteroatoms. The summed E-state index contributed by atoms with van der Waals surface area (Å²) in [6.45, 7) is 0.0588. The highest BCUT2D eigenvalue weighted by Crippen LogP contribution is 2.28. The van der Waals surface area contributed by atoms with Crippen LogP contribution < -0.4 is 4.74 Å². The number of nitrogens with zero attached hydrogens (tertiary/aromatic N) is 5. The highest BCUT2D eigenvalue weighted by Gasteiger charge is 2.16. The van der Waals surface area contributed by atoms with Crippen molar-refractivity contribution in [1.29, 1.82) is 5.26 Å². The third-order valence-corrected chi connectivity index (χ3v) is 2.45. The van der Waals surface area contributed by atoms with E-state index in [0.29, 0.717) is 5.82 Å². The fourth-order valence-electron chi connectivity index (χ4n) is 1.44. The molecular weight excluding hydrogens is 250 g/mol. The molecule has 0 fully saturated rings. The normalized spacial score (nSPS) is 9.89. The third kappa shape index (κ3) is 2.66. The van der Waals surface area contributed by atoms with Gasteiger partial charge in [-0.25, -0.2) is 4.98 Å². The first-order chi connectivity index (χ1) is 9.11. The van der Waals surface area contributed by atoms with Crippen molar-refractivity contribution in [2.24, 2.45) is 7.05 Å². The van der Waals surface area contributed by atoms with Gasteiger partial charge in [0.15, 0.2) is 11.6 Å². The van der Waals surface area contributed by atoms with Crippen molar-refractivity contribution >= 4 is 5.69 Å². The van der Waals surface area contributed by atoms with Crippen LogP contribution in [-0.2, 0) is 13.7 Å². The lowest BCUT2D eigenvalue weighted by atomic mass is 10.2. The Balaban J connectivity index is 2.23. The summed E-state index contributed by atoms with van der Waals surface area (Å²) < 4.78 is 6.86. The van der Waals surface area contributed by atoms with Crippen LogP contribution in [0.1, 0.15) is 11.4 Å². The summed E-state index contributed by atoms with van der Waals surface area (Å²) in [5.41, 5.74) is -0.0427. The second-order valence-corrected chi connectivity index (χ2v) is 3.64. The van der Waals surface area contributed by atoms with Gasteiger partial charge in [-0.1, -0.05) is 0 Å². The summed E-state index contributed by atoms with van der Waals surface area (Å²) in [7, 11) is 1.69. The molecule has 19 heavy (non-hydrogen) atoms. The van der Waals surface area contributed by atoms with Gasteiger partial charge in [0.1, 0.15) is 12.9 Å². The van der Waals surface area contributed by atoms with Crippen LogP contribution in [0.5, 0.6) is 5.75 Å². The van der Waals surface area contributed by atoms with Gasteiger partial charge in [0, 0.05) is 13.1 Å². The van der Waals surface area contributed by atoms with E-state index in [1.807, 2.05) is 6.07 Å². The van der Waals surface area contributed by atoms with Gasteiger partial charge in [0.2, 0.25) is 0 Å². The number of benzene rings is 1. The van der Waals surface area contributed by atoms with Crippen LogP contribution in [0, 0.1) is 21.4 Å². The Bertz CT molecular complexity index is 659. The van der Waals surface area contributed by atoms with Gasteiger partial charge >= 0.3 is 5.69 Å². The minimum atomic E-state index is -0.590. The Kier molecular flexibility index (Phi) is 3.38. The number of nitro benzene ring substituents is 1. The zero-order valence-corrected chi connectivity index (χ0v) is 9.98. The SMILES string of the molecule is Cn1ncnc1COc1ccc(C#N)cc1[N+](=O)[O-]. The molecule has 0 aliphatic carbocycles. The smallest absolute Gasteiger partial charge is 0.312 e. The zero-order valence-electron chi connectivity index (χ0n) is 9.98. The number of nitriles is 1. The van der Waals surface area contributed by atoms with Crippen LogP contribution in [0.15, 0.2) is 24.5 Å². The van der Waals surface area contributed by atoms with Gasteiger partial charge < -0.3 is 4.74 Å². The minimum Gasteiger partial charge on any atom is -0.479 e. The molecule has 2 rings (SSSR count). The second-order valence-electron chi connectivity index (χ2n) is 3.64. The van der Waals surface area contributed by atoms with E-state index in [9.17, 15) is 10.1 Å². The summed E-state index contributed by atoms with van der Waals surface area (Å²) >= 11 is 0. The number of aryl methyl sites for hydroxylation is 1. The van der Waals surface area contributed by atoms with E-state index in [1.165, 1.54) is 29.2 Å². The first-order valence-electron chi connectivity index (χ1n) is 5.26. The van der Waals surface area contributed by atoms with Crippen LogP contribution in [-0.4, -0.2) is 19.7 Å². The van der Waals surface area contributed by atoms with Crippen molar-refractivity contribution in [3.8, 4) is 11.8 Å². The molecule has 0 amide bonds. The molecule has 96 valence electrons. The number of ether oxygens (including phenoxy) is 1. The van der Waals surface area contributed by atoms with E-state index in [-0.39, 0.29) is 23.6 Å². The standard InChI is InChI=1S/C11H9N5O3/c1-15-11(13-7-14-15)6-19-10-3-2-8(5-12)4-9(10)16(17)18/h2-4,7H,6H2,1H3. The summed E-state index contributed by atoms with van der Waals surface area (Å²) in [4.78, 5) is 14.3. The Morgan fingerprint density at radius 3 is 2.95 bits per heavy atom. The van der Waals surface area contributed by atoms with Crippen LogP contribution >= 0.6 is 0 Å². The lowest BCUT2D eigenvalue weighted by Gasteiger charge is -2.06. The molecule has 0 saturated heterocycles. The van der Waals surface area contributed by atoms with Gasteiger partial charge in [0.25, 0.3) is 0 Å². The molecule has 0 unspecified atom stereocenters. The van der Waals surface area contributed by atoms with Gasteiger partial charge in [-0.05, 0) is 12.1 Å². The summed E-state index contributed by atoms with van der Waals surface area (Å²) in [6.07, 6.45) is 1.37. The molecule has 0 aliphatic heterocycles. The van der Waals surface area contributed by atoms with E-state index < -0.39 is 4.92 Å². The highest BCUT2D eigenvalue weighted by molar-refractivity contribution is 5.51. The van der Waals surface area contributed by atoms with Crippen LogP contribution in [0.25, 0.3) is 0 Å². The quantitative estimate of drug-likeness (QED) is 0.602. The molecule has 0 spiro atoms. The fraction of sp³-hybridized carbons (Fsp3) is 0.182. The van der Waals surface area contributed by atoms with E-state index in [0.717, 1.165) is 0 Å². The molecule has 0 bridgehead atoms. The molecule has 8 nitrogen and oxygen atoms in total. The summed E-state index contributed by atoms with van der Waals surface area (Å²) in [5, 5.41) is 23.5. The van der Waals surface area contributed by atoms with Crippen LogP contribution in [0.2, 0.25) is 0 Å². The Labute approximate surface area is 108 Å². The van der Waals surface area contributed by atoms with Crippen LogP contribution in [0.4, 0.5) is 5.69 Å². The molecule has 1 heterocycles. The van der Waals surface area contributed by atoms with Gasteiger partial charge in [-0.15, -0.1) is 0 Å². The van der Waals surface area contributed by atoms with Crippen molar-refractivity contribution in [2.45, 2.75) is 6.61 Å². The van der Waals surface area contributed by atoms with Crippen molar-refractivity contribution < 1.29 is 9.66 Å². The molecule has 0 radical (unpaired) electrons. The van der Waals surface area contributed by atoms with Crippen molar-refractivity contribution in [2.75, 3.05) is 0 Å². The lowest BCUT2D eigenvalue weighted by Crippen LogP contribution is -2.05. The molecule has 2 aromatic rings. The summed E-state index contributed by atoms with van der Waals surface area (Å²) in [5.74, 6) is 0.630. The monoisotopic (exact) mass is 259 g/mol. The average Bonchev–Trinajstić information content (AvgIpc) is 2.81. The van der Waals surface area contributed by atoms with Crippen molar-refractivity contribution in [3.05, 3.63) is 46.0 Å².